The Bertz CT molecular complexity index is 357. The molecule has 1 unspecified atom stereocenters. The Kier molecular flexibility index (Phi) is 6.58. The van der Waals surface area contributed by atoms with Crippen LogP contribution in [0.1, 0.15) is 37.7 Å². The molecule has 0 aliphatic rings. The first kappa shape index (κ1) is 14.8. The average Bonchev–Trinajstić information content (AvgIpc) is 2.34. The third-order valence-corrected chi connectivity index (χ3v) is 3.01. The largest absolute Gasteiger partial charge is 0.327 e. The van der Waals surface area contributed by atoms with Gasteiger partial charge in [-0.25, -0.2) is 8.78 Å². The van der Waals surface area contributed by atoms with E-state index in [4.69, 9.17) is 5.73 Å². The standard InChI is InChI=1S/C15H21F2N/c1-2-3-4-5-6-8-12(18)11-13-14(16)9-7-10-15(13)17/h2,7,9-10,12H,1,3-6,8,11,18H2. The lowest BCUT2D eigenvalue weighted by atomic mass is 10.00. The molecule has 2 N–H and O–H groups in total. The second-order valence-corrected chi connectivity index (χ2v) is 4.59. The summed E-state index contributed by atoms with van der Waals surface area (Å²) in [7, 11) is 0. The van der Waals surface area contributed by atoms with E-state index in [1.165, 1.54) is 18.2 Å². The number of benzene rings is 1. The van der Waals surface area contributed by atoms with E-state index in [1.54, 1.807) is 0 Å². The Morgan fingerprint density at radius 2 is 1.83 bits per heavy atom. The summed E-state index contributed by atoms with van der Waals surface area (Å²) in [4.78, 5) is 0. The minimum atomic E-state index is -0.503. The van der Waals surface area contributed by atoms with Gasteiger partial charge in [0.2, 0.25) is 0 Å². The normalized spacial score (nSPS) is 12.4. The molecule has 0 radical (unpaired) electrons. The third-order valence-electron chi connectivity index (χ3n) is 3.01. The lowest BCUT2D eigenvalue weighted by Gasteiger charge is -2.12. The van der Waals surface area contributed by atoms with E-state index < -0.39 is 11.6 Å². The molecule has 1 rings (SSSR count). The molecule has 0 aliphatic carbocycles. The van der Waals surface area contributed by atoms with Crippen LogP contribution in [0.3, 0.4) is 0 Å². The van der Waals surface area contributed by atoms with Crippen LogP contribution in [-0.4, -0.2) is 6.04 Å². The Hall–Kier alpha value is -1.22. The smallest absolute Gasteiger partial charge is 0.129 e. The molecule has 0 spiro atoms. The van der Waals surface area contributed by atoms with E-state index in [-0.39, 0.29) is 18.0 Å². The molecule has 0 aromatic heterocycles. The highest BCUT2D eigenvalue weighted by molar-refractivity contribution is 5.20. The van der Waals surface area contributed by atoms with Gasteiger partial charge in [-0.2, -0.15) is 0 Å². The molecule has 0 fully saturated rings. The van der Waals surface area contributed by atoms with Crippen molar-refractivity contribution in [1.82, 2.24) is 0 Å². The summed E-state index contributed by atoms with van der Waals surface area (Å²) in [5.41, 5.74) is 6.01. The Morgan fingerprint density at radius 3 is 2.44 bits per heavy atom. The molecule has 3 heteroatoms. The second-order valence-electron chi connectivity index (χ2n) is 4.59. The lowest BCUT2D eigenvalue weighted by molar-refractivity contribution is 0.507. The maximum absolute atomic E-state index is 13.4. The zero-order chi connectivity index (χ0) is 13.4. The molecule has 0 saturated heterocycles. The van der Waals surface area contributed by atoms with Crippen LogP contribution in [0.5, 0.6) is 0 Å². The predicted molar refractivity (Wildman–Crippen MR) is 71.3 cm³/mol. The van der Waals surface area contributed by atoms with Crippen molar-refractivity contribution >= 4 is 0 Å². The molecular formula is C15H21F2N. The summed E-state index contributed by atoms with van der Waals surface area (Å²) >= 11 is 0. The molecule has 0 saturated carbocycles. The molecule has 0 amide bonds. The van der Waals surface area contributed by atoms with Crippen LogP contribution in [0.15, 0.2) is 30.9 Å². The topological polar surface area (TPSA) is 26.0 Å². The van der Waals surface area contributed by atoms with Crippen LogP contribution in [0, 0.1) is 11.6 Å². The summed E-state index contributed by atoms with van der Waals surface area (Å²) in [6.07, 6.45) is 7.14. The van der Waals surface area contributed by atoms with Crippen LogP contribution in [0.4, 0.5) is 8.78 Å². The summed E-state index contributed by atoms with van der Waals surface area (Å²) in [5, 5.41) is 0. The molecule has 1 aromatic rings. The zero-order valence-corrected chi connectivity index (χ0v) is 10.7. The van der Waals surface area contributed by atoms with E-state index in [1.807, 2.05) is 6.08 Å². The van der Waals surface area contributed by atoms with Crippen molar-refractivity contribution in [2.24, 2.45) is 5.73 Å². The van der Waals surface area contributed by atoms with Crippen molar-refractivity contribution in [2.45, 2.75) is 44.6 Å². The van der Waals surface area contributed by atoms with Crippen molar-refractivity contribution in [3.05, 3.63) is 48.1 Å². The Balaban J connectivity index is 2.35. The van der Waals surface area contributed by atoms with Crippen LogP contribution in [0.2, 0.25) is 0 Å². The average molecular weight is 253 g/mol. The van der Waals surface area contributed by atoms with Crippen molar-refractivity contribution in [1.29, 1.82) is 0 Å². The molecule has 18 heavy (non-hydrogen) atoms. The number of rotatable bonds is 8. The van der Waals surface area contributed by atoms with E-state index >= 15 is 0 Å². The number of halogens is 2. The number of unbranched alkanes of at least 4 members (excludes halogenated alkanes) is 3. The van der Waals surface area contributed by atoms with Crippen LogP contribution in [-0.2, 0) is 6.42 Å². The second kappa shape index (κ2) is 7.98. The fourth-order valence-electron chi connectivity index (χ4n) is 1.96. The van der Waals surface area contributed by atoms with Gasteiger partial charge in [-0.1, -0.05) is 25.0 Å². The number of allylic oxidation sites excluding steroid dienone is 1. The summed E-state index contributed by atoms with van der Waals surface area (Å²) in [6.45, 7) is 3.66. The van der Waals surface area contributed by atoms with Gasteiger partial charge in [0.1, 0.15) is 11.6 Å². The highest BCUT2D eigenvalue weighted by Gasteiger charge is 2.12. The van der Waals surface area contributed by atoms with Gasteiger partial charge in [0.05, 0.1) is 0 Å². The third kappa shape index (κ3) is 4.96. The van der Waals surface area contributed by atoms with Gasteiger partial charge in [0.15, 0.2) is 0 Å². The van der Waals surface area contributed by atoms with Gasteiger partial charge < -0.3 is 5.73 Å². The minimum absolute atomic E-state index is 0.107. The molecular weight excluding hydrogens is 232 g/mol. The van der Waals surface area contributed by atoms with Gasteiger partial charge in [0.25, 0.3) is 0 Å². The van der Waals surface area contributed by atoms with Crippen molar-refractivity contribution < 1.29 is 8.78 Å². The maximum Gasteiger partial charge on any atom is 0.129 e. The number of hydrogen-bond donors (Lipinski definition) is 1. The fraction of sp³-hybridized carbons (Fsp3) is 0.467. The van der Waals surface area contributed by atoms with Crippen molar-refractivity contribution in [3.8, 4) is 0 Å². The summed E-state index contributed by atoms with van der Waals surface area (Å²) < 4.78 is 26.8. The SMILES string of the molecule is C=CCCCCCC(N)Cc1c(F)cccc1F. The first-order valence-corrected chi connectivity index (χ1v) is 6.44. The molecule has 1 nitrogen and oxygen atoms in total. The van der Waals surface area contributed by atoms with Gasteiger partial charge in [-0.15, -0.1) is 6.58 Å². The molecule has 0 aliphatic heterocycles. The first-order chi connectivity index (χ1) is 8.65. The van der Waals surface area contributed by atoms with E-state index in [0.717, 1.165) is 32.1 Å². The molecule has 0 bridgehead atoms. The van der Waals surface area contributed by atoms with Gasteiger partial charge in [-0.3, -0.25) is 0 Å². The van der Waals surface area contributed by atoms with Crippen molar-refractivity contribution in [2.75, 3.05) is 0 Å². The number of nitrogens with two attached hydrogens (primary N) is 1. The summed E-state index contributed by atoms with van der Waals surface area (Å²) in [6, 6.07) is 3.74. The highest BCUT2D eigenvalue weighted by atomic mass is 19.1. The van der Waals surface area contributed by atoms with E-state index in [9.17, 15) is 8.78 Å². The van der Waals surface area contributed by atoms with Gasteiger partial charge >= 0.3 is 0 Å². The van der Waals surface area contributed by atoms with Crippen molar-refractivity contribution in [3.63, 3.8) is 0 Å². The van der Waals surface area contributed by atoms with E-state index in [0.29, 0.717) is 0 Å². The van der Waals surface area contributed by atoms with E-state index in [2.05, 4.69) is 6.58 Å². The Labute approximate surface area is 108 Å². The molecule has 0 heterocycles. The van der Waals surface area contributed by atoms with Crippen LogP contribution in [0.25, 0.3) is 0 Å². The number of hydrogen-bond acceptors (Lipinski definition) is 1. The summed E-state index contributed by atoms with van der Waals surface area (Å²) in [5.74, 6) is -1.01. The monoisotopic (exact) mass is 253 g/mol. The van der Waals surface area contributed by atoms with Gasteiger partial charge in [0, 0.05) is 11.6 Å². The molecule has 1 aromatic carbocycles. The molecule has 1 atom stereocenters. The minimum Gasteiger partial charge on any atom is -0.327 e. The zero-order valence-electron chi connectivity index (χ0n) is 10.7. The lowest BCUT2D eigenvalue weighted by Crippen LogP contribution is -2.23. The maximum atomic E-state index is 13.4. The fourth-order valence-corrected chi connectivity index (χ4v) is 1.96. The van der Waals surface area contributed by atoms with Gasteiger partial charge in [-0.05, 0) is 37.8 Å². The van der Waals surface area contributed by atoms with Crippen LogP contribution >= 0.6 is 0 Å². The Morgan fingerprint density at radius 1 is 1.17 bits per heavy atom. The predicted octanol–water partition coefficient (Wildman–Crippen LogP) is 3.97. The quantitative estimate of drug-likeness (QED) is 0.550. The van der Waals surface area contributed by atoms with Crippen LogP contribution < -0.4 is 5.73 Å². The highest BCUT2D eigenvalue weighted by Crippen LogP contribution is 2.16. The molecule has 100 valence electrons. The first-order valence-electron chi connectivity index (χ1n) is 6.44.